The third kappa shape index (κ3) is 46.0. The second-order valence-corrected chi connectivity index (χ2v) is 16.5. The van der Waals surface area contributed by atoms with Gasteiger partial charge in [-0.1, -0.05) is 248 Å². The Labute approximate surface area is 364 Å². The van der Waals surface area contributed by atoms with Gasteiger partial charge in [0.1, 0.15) is 13.2 Å². The van der Waals surface area contributed by atoms with Crippen LogP contribution in [0, 0.1) is 0 Å². The van der Waals surface area contributed by atoms with Crippen molar-refractivity contribution in [2.75, 3.05) is 13.2 Å². The molecule has 0 aliphatic carbocycles. The summed E-state index contributed by atoms with van der Waals surface area (Å²) in [5.41, 5.74) is 0. The molecule has 0 amide bonds. The van der Waals surface area contributed by atoms with Gasteiger partial charge in [0.25, 0.3) is 0 Å². The molecule has 1 atom stereocenters. The summed E-state index contributed by atoms with van der Waals surface area (Å²) in [6.45, 7) is 6.44. The molecule has 0 aliphatic heterocycles. The molecule has 0 fully saturated rings. The van der Waals surface area contributed by atoms with Crippen molar-refractivity contribution in [3.05, 3.63) is 60.8 Å². The van der Waals surface area contributed by atoms with Crippen molar-refractivity contribution in [3.8, 4) is 0 Å². The molecule has 0 radical (unpaired) electrons. The molecule has 0 aliphatic rings. The van der Waals surface area contributed by atoms with E-state index in [0.717, 1.165) is 51.4 Å². The largest absolute Gasteiger partial charge is 0.462 e. The van der Waals surface area contributed by atoms with E-state index < -0.39 is 6.10 Å². The minimum Gasteiger partial charge on any atom is -0.462 e. The molecule has 0 spiro atoms. The van der Waals surface area contributed by atoms with E-state index in [4.69, 9.17) is 14.2 Å². The number of hydrogen-bond acceptors (Lipinski definition) is 6. The summed E-state index contributed by atoms with van der Waals surface area (Å²) in [6, 6.07) is 0. The van der Waals surface area contributed by atoms with Gasteiger partial charge in [-0.05, 0) is 32.1 Å². The van der Waals surface area contributed by atoms with Crippen LogP contribution < -0.4 is 0 Å². The lowest BCUT2D eigenvalue weighted by Gasteiger charge is -2.18. The van der Waals surface area contributed by atoms with Crippen LogP contribution in [0.1, 0.15) is 239 Å². The monoisotopic (exact) mass is 825 g/mol. The predicted octanol–water partition coefficient (Wildman–Crippen LogP) is 16.1. The molecule has 340 valence electrons. The number of carbonyl (C=O) groups is 3. The van der Waals surface area contributed by atoms with Crippen molar-refractivity contribution in [2.45, 2.75) is 245 Å². The lowest BCUT2D eigenvalue weighted by molar-refractivity contribution is -0.167. The van der Waals surface area contributed by atoms with Crippen molar-refractivity contribution < 1.29 is 28.6 Å². The van der Waals surface area contributed by atoms with Crippen LogP contribution in [-0.4, -0.2) is 37.2 Å². The maximum Gasteiger partial charge on any atom is 0.306 e. The highest BCUT2D eigenvalue weighted by Gasteiger charge is 2.19. The molecular formula is C53H92O6. The molecule has 0 aromatic rings. The Morgan fingerprint density at radius 2 is 0.661 bits per heavy atom. The summed E-state index contributed by atoms with van der Waals surface area (Å²) in [5, 5.41) is 0. The Bertz CT molecular complexity index is 1090. The zero-order valence-electron chi connectivity index (χ0n) is 38.8. The lowest BCUT2D eigenvalue weighted by Crippen LogP contribution is -2.30. The van der Waals surface area contributed by atoms with Crippen LogP contribution in [0.2, 0.25) is 0 Å². The van der Waals surface area contributed by atoms with Gasteiger partial charge in [0.15, 0.2) is 6.10 Å². The van der Waals surface area contributed by atoms with E-state index >= 15 is 0 Å². The summed E-state index contributed by atoms with van der Waals surface area (Å²) in [6.07, 6.45) is 57.8. The highest BCUT2D eigenvalue weighted by Crippen LogP contribution is 2.16. The third-order valence-electron chi connectivity index (χ3n) is 10.7. The highest BCUT2D eigenvalue weighted by molar-refractivity contribution is 5.71. The average molecular weight is 825 g/mol. The molecular weight excluding hydrogens is 733 g/mol. The fourth-order valence-electron chi connectivity index (χ4n) is 6.94. The Balaban J connectivity index is 4.45. The molecule has 0 saturated carbocycles. The van der Waals surface area contributed by atoms with E-state index in [1.54, 1.807) is 0 Å². The quantitative estimate of drug-likeness (QED) is 0.0263. The molecule has 0 rings (SSSR count). The molecule has 59 heavy (non-hydrogen) atoms. The van der Waals surface area contributed by atoms with Crippen molar-refractivity contribution in [1.29, 1.82) is 0 Å². The van der Waals surface area contributed by atoms with E-state index in [1.807, 2.05) is 54.7 Å². The fraction of sp³-hybridized carbons (Fsp3) is 0.755. The second-order valence-electron chi connectivity index (χ2n) is 16.5. The third-order valence-corrected chi connectivity index (χ3v) is 10.7. The zero-order chi connectivity index (χ0) is 43.0. The van der Waals surface area contributed by atoms with E-state index in [0.29, 0.717) is 19.3 Å². The Morgan fingerprint density at radius 1 is 0.356 bits per heavy atom. The van der Waals surface area contributed by atoms with Gasteiger partial charge >= 0.3 is 17.9 Å². The second kappa shape index (κ2) is 47.8. The molecule has 1 unspecified atom stereocenters. The maximum atomic E-state index is 12.7. The highest BCUT2D eigenvalue weighted by atomic mass is 16.6. The van der Waals surface area contributed by atoms with Crippen LogP contribution in [-0.2, 0) is 28.6 Å². The number of allylic oxidation sites excluding steroid dienone is 10. The molecule has 6 nitrogen and oxygen atoms in total. The van der Waals surface area contributed by atoms with Crippen molar-refractivity contribution in [3.63, 3.8) is 0 Å². The summed E-state index contributed by atoms with van der Waals surface area (Å²) in [5.74, 6) is -0.969. The number of unbranched alkanes of at least 4 members (excludes halogenated alkanes) is 27. The number of carbonyl (C=O) groups excluding carboxylic acids is 3. The average Bonchev–Trinajstić information content (AvgIpc) is 3.23. The Hall–Kier alpha value is -2.89. The number of esters is 3. The first-order valence-electron chi connectivity index (χ1n) is 24.9. The summed E-state index contributed by atoms with van der Waals surface area (Å²) in [7, 11) is 0. The van der Waals surface area contributed by atoms with E-state index in [2.05, 4.69) is 26.8 Å². The molecule has 0 saturated heterocycles. The first-order chi connectivity index (χ1) is 29.0. The van der Waals surface area contributed by atoms with Gasteiger partial charge in [0.05, 0.1) is 0 Å². The predicted molar refractivity (Wildman–Crippen MR) is 251 cm³/mol. The normalized spacial score (nSPS) is 12.5. The lowest BCUT2D eigenvalue weighted by atomic mass is 10.0. The topological polar surface area (TPSA) is 78.9 Å². The Kier molecular flexibility index (Phi) is 45.4. The minimum atomic E-state index is -0.806. The van der Waals surface area contributed by atoms with Gasteiger partial charge in [-0.25, -0.2) is 0 Å². The van der Waals surface area contributed by atoms with E-state index in [-0.39, 0.29) is 37.5 Å². The fourth-order valence-corrected chi connectivity index (χ4v) is 6.94. The number of rotatable bonds is 44. The van der Waals surface area contributed by atoms with Gasteiger partial charge in [-0.3, -0.25) is 14.4 Å². The number of ether oxygens (including phenoxy) is 3. The van der Waals surface area contributed by atoms with Gasteiger partial charge in [-0.15, -0.1) is 0 Å². The molecule has 0 bridgehead atoms. The summed E-state index contributed by atoms with van der Waals surface area (Å²) in [4.78, 5) is 37.8. The van der Waals surface area contributed by atoms with Crippen LogP contribution in [0.25, 0.3) is 0 Å². The SMILES string of the molecule is CC\C=C/C=C\C=C/C=C\C=C/CCCC(=O)OC(COC(=O)CCCCCCCCCCCCCCC)COC(=O)CCCCCCCCCCCCCCCCC. The van der Waals surface area contributed by atoms with Gasteiger partial charge in [-0.2, -0.15) is 0 Å². The number of hydrogen-bond donors (Lipinski definition) is 0. The molecule has 0 aromatic carbocycles. The van der Waals surface area contributed by atoms with Crippen molar-refractivity contribution in [2.24, 2.45) is 0 Å². The van der Waals surface area contributed by atoms with Gasteiger partial charge in [0.2, 0.25) is 0 Å². The summed E-state index contributed by atoms with van der Waals surface area (Å²) < 4.78 is 16.7. The smallest absolute Gasteiger partial charge is 0.306 e. The molecule has 0 aromatic heterocycles. The standard InChI is InChI=1S/C53H92O6/c1-4-7-10-13-16-19-22-25-26-29-31-34-37-40-43-46-52(55)58-49-50(59-53(56)47-44-41-38-35-32-28-24-21-18-15-12-9-6-3)48-57-51(54)45-42-39-36-33-30-27-23-20-17-14-11-8-5-2/h9,12,15,18,21,24,28,32,35,38,50H,4-8,10-11,13-14,16-17,19-20,22-23,25-27,29-31,33-34,36-37,39-49H2,1-3H3/b12-9-,18-15-,24-21-,32-28-,38-35-. The zero-order valence-corrected chi connectivity index (χ0v) is 38.8. The van der Waals surface area contributed by atoms with Gasteiger partial charge < -0.3 is 14.2 Å². The summed E-state index contributed by atoms with van der Waals surface area (Å²) >= 11 is 0. The molecule has 0 N–H and O–H groups in total. The molecule has 6 heteroatoms. The van der Waals surface area contributed by atoms with Crippen LogP contribution in [0.5, 0.6) is 0 Å². The maximum absolute atomic E-state index is 12.7. The van der Waals surface area contributed by atoms with E-state index in [1.165, 1.54) is 141 Å². The van der Waals surface area contributed by atoms with Crippen LogP contribution in [0.4, 0.5) is 0 Å². The van der Waals surface area contributed by atoms with Crippen molar-refractivity contribution >= 4 is 17.9 Å². The first kappa shape index (κ1) is 56.1. The molecule has 0 heterocycles. The van der Waals surface area contributed by atoms with Crippen LogP contribution in [0.15, 0.2) is 60.8 Å². The van der Waals surface area contributed by atoms with Gasteiger partial charge in [0, 0.05) is 19.3 Å². The Morgan fingerprint density at radius 3 is 1.02 bits per heavy atom. The van der Waals surface area contributed by atoms with E-state index in [9.17, 15) is 14.4 Å². The minimum absolute atomic E-state index is 0.0996. The van der Waals surface area contributed by atoms with Crippen molar-refractivity contribution in [1.82, 2.24) is 0 Å². The van der Waals surface area contributed by atoms with Crippen LogP contribution >= 0.6 is 0 Å². The first-order valence-corrected chi connectivity index (χ1v) is 24.9. The van der Waals surface area contributed by atoms with Crippen LogP contribution in [0.3, 0.4) is 0 Å².